The number of carbonyl (C=O) groups excluding carboxylic acids is 1. The van der Waals surface area contributed by atoms with Crippen LogP contribution in [-0.4, -0.2) is 21.9 Å². The number of benzene rings is 1. The lowest BCUT2D eigenvalue weighted by molar-refractivity contribution is 0.0709. The van der Waals surface area contributed by atoms with Crippen LogP contribution >= 0.6 is 0 Å². The lowest BCUT2D eigenvalue weighted by Gasteiger charge is -2.52. The molecule has 32 heavy (non-hydrogen) atoms. The van der Waals surface area contributed by atoms with Gasteiger partial charge in [0.15, 0.2) is 5.78 Å². The molecule has 0 spiro atoms. The zero-order valence-electron chi connectivity index (χ0n) is 22.4. The van der Waals surface area contributed by atoms with Crippen LogP contribution in [-0.2, 0) is 0 Å². The molecule has 0 radical (unpaired) electrons. The van der Waals surface area contributed by atoms with Crippen LogP contribution in [0.5, 0.6) is 0 Å². The molecule has 0 saturated heterocycles. The second-order valence-electron chi connectivity index (χ2n) is 10.6. The second-order valence-corrected chi connectivity index (χ2v) is 22.1. The summed E-state index contributed by atoms with van der Waals surface area (Å²) in [6.45, 7) is 19.5. The molecule has 3 heteroatoms. The number of allylic oxidation sites excluding steroid dienone is 2. The topological polar surface area (TPSA) is 17.1 Å². The third-order valence-electron chi connectivity index (χ3n) is 9.98. The van der Waals surface area contributed by atoms with Crippen molar-refractivity contribution in [2.24, 2.45) is 11.3 Å². The Kier molecular flexibility index (Phi) is 9.78. The normalized spacial score (nSPS) is 22.2. The first-order valence-corrected chi connectivity index (χ1v) is 19.0. The monoisotopic (exact) mass is 470 g/mol. The molecule has 0 aromatic heterocycles. The summed E-state index contributed by atoms with van der Waals surface area (Å²) < 4.78 is 0. The molecule has 180 valence electrons. The molecule has 1 nitrogen and oxygen atoms in total. The van der Waals surface area contributed by atoms with Crippen molar-refractivity contribution in [1.29, 1.82) is 0 Å². The van der Waals surface area contributed by atoms with Crippen LogP contribution in [0.25, 0.3) is 0 Å². The molecule has 0 aliphatic heterocycles. The van der Waals surface area contributed by atoms with Crippen LogP contribution in [0.2, 0.25) is 41.4 Å². The SMILES string of the molecule is CC[C@H]1C=C(C([Si](CC)(CC)CC)[Si](CC)(CC)CC)CC[C@@]1(C)C(=O)c1ccccc1. The molecule has 0 bridgehead atoms. The summed E-state index contributed by atoms with van der Waals surface area (Å²) in [7, 11) is -2.81. The van der Waals surface area contributed by atoms with E-state index in [2.05, 4.69) is 61.5 Å². The van der Waals surface area contributed by atoms with Crippen molar-refractivity contribution in [1.82, 2.24) is 0 Å². The highest BCUT2D eigenvalue weighted by Gasteiger charge is 2.52. The number of hydrogen-bond acceptors (Lipinski definition) is 1. The molecular formula is C29H50OSi2. The second kappa shape index (κ2) is 11.5. The summed E-state index contributed by atoms with van der Waals surface area (Å²) in [4.78, 5) is 13.7. The van der Waals surface area contributed by atoms with E-state index >= 15 is 0 Å². The predicted molar refractivity (Wildman–Crippen MR) is 148 cm³/mol. The van der Waals surface area contributed by atoms with Gasteiger partial charge in [-0.2, -0.15) is 0 Å². The van der Waals surface area contributed by atoms with E-state index in [0.29, 0.717) is 11.7 Å². The molecular weight excluding hydrogens is 420 g/mol. The Labute approximate surface area is 201 Å². The van der Waals surface area contributed by atoms with E-state index in [9.17, 15) is 4.79 Å². The van der Waals surface area contributed by atoms with Gasteiger partial charge >= 0.3 is 0 Å². The Morgan fingerprint density at radius 3 is 1.75 bits per heavy atom. The van der Waals surface area contributed by atoms with Crippen molar-refractivity contribution in [2.75, 3.05) is 0 Å². The maximum atomic E-state index is 13.7. The quantitative estimate of drug-likeness (QED) is 0.169. The van der Waals surface area contributed by atoms with Gasteiger partial charge in [0.2, 0.25) is 0 Å². The van der Waals surface area contributed by atoms with Gasteiger partial charge in [0.1, 0.15) is 0 Å². The molecule has 1 aromatic rings. The Hall–Kier alpha value is -0.936. The fraction of sp³-hybridized carbons (Fsp3) is 0.690. The Morgan fingerprint density at radius 2 is 1.34 bits per heavy atom. The summed E-state index contributed by atoms with van der Waals surface area (Å²) in [5, 5.41) is 0.889. The zero-order valence-corrected chi connectivity index (χ0v) is 24.4. The fourth-order valence-corrected chi connectivity index (χ4v) is 23.7. The minimum Gasteiger partial charge on any atom is -0.294 e. The van der Waals surface area contributed by atoms with Gasteiger partial charge in [0.05, 0.1) is 16.1 Å². The molecule has 0 heterocycles. The molecule has 0 N–H and O–H groups in total. The Morgan fingerprint density at radius 1 is 0.875 bits per heavy atom. The third kappa shape index (κ3) is 4.80. The van der Waals surface area contributed by atoms with Crippen molar-refractivity contribution in [3.63, 3.8) is 0 Å². The van der Waals surface area contributed by atoms with Crippen molar-refractivity contribution in [2.45, 2.75) is 116 Å². The van der Waals surface area contributed by atoms with Gasteiger partial charge in [-0.15, -0.1) is 0 Å². The van der Waals surface area contributed by atoms with Gasteiger partial charge < -0.3 is 0 Å². The van der Waals surface area contributed by atoms with Crippen LogP contribution in [0.3, 0.4) is 0 Å². The van der Waals surface area contributed by atoms with Gasteiger partial charge in [0.25, 0.3) is 0 Å². The number of ketones is 1. The molecule has 0 saturated carbocycles. The first-order chi connectivity index (χ1) is 15.3. The smallest absolute Gasteiger partial charge is 0.169 e. The molecule has 2 rings (SSSR count). The van der Waals surface area contributed by atoms with Crippen molar-refractivity contribution in [3.05, 3.63) is 47.5 Å². The number of Topliss-reactive ketones (excluding diaryl/α,β-unsaturated/α-hetero) is 1. The fourth-order valence-electron chi connectivity index (χ4n) is 7.29. The molecule has 1 aromatic carbocycles. The van der Waals surface area contributed by atoms with Crippen LogP contribution in [0.4, 0.5) is 0 Å². The number of rotatable bonds is 12. The molecule has 2 atom stereocenters. The molecule has 0 amide bonds. The van der Waals surface area contributed by atoms with Gasteiger partial charge in [-0.05, 0) is 30.3 Å². The molecule has 1 aliphatic carbocycles. The first-order valence-electron chi connectivity index (χ1n) is 13.6. The maximum Gasteiger partial charge on any atom is 0.169 e. The van der Waals surface area contributed by atoms with Gasteiger partial charge in [-0.25, -0.2) is 0 Å². The minimum atomic E-state index is -1.40. The van der Waals surface area contributed by atoms with E-state index in [-0.39, 0.29) is 5.41 Å². The Balaban J connectivity index is 2.60. The number of carbonyl (C=O) groups is 1. The van der Waals surface area contributed by atoms with Crippen molar-refractivity contribution < 1.29 is 4.79 Å². The summed E-state index contributed by atoms with van der Waals surface area (Å²) in [6.07, 6.45) is 5.88. The largest absolute Gasteiger partial charge is 0.294 e. The molecule has 0 unspecified atom stereocenters. The standard InChI is InChI=1S/C29H50OSi2/c1-9-26-23-25(21-22-29(26,8)27(30)24-19-17-16-18-20-24)28(31(10-2,11-3)12-4)32(13-5,14-6)15-7/h16-20,23,26,28H,9-15,21-22H2,1-8H3/t26-,29+/m0/s1. The minimum absolute atomic E-state index is 0.270. The van der Waals surface area contributed by atoms with E-state index in [1.54, 1.807) is 5.57 Å². The summed E-state index contributed by atoms with van der Waals surface area (Å²) in [5.74, 6) is 0.711. The highest BCUT2D eigenvalue weighted by atomic mass is 28.4. The van der Waals surface area contributed by atoms with Gasteiger partial charge in [-0.1, -0.05) is 134 Å². The Bertz CT molecular complexity index is 724. The highest BCUT2D eigenvalue weighted by Crippen LogP contribution is 2.54. The van der Waals surface area contributed by atoms with E-state index in [1.165, 1.54) is 36.3 Å². The van der Waals surface area contributed by atoms with E-state index < -0.39 is 16.1 Å². The van der Waals surface area contributed by atoms with E-state index in [0.717, 1.165) is 30.0 Å². The average molecular weight is 471 g/mol. The molecule has 1 aliphatic rings. The highest BCUT2D eigenvalue weighted by molar-refractivity contribution is 7.00. The summed E-state index contributed by atoms with van der Waals surface area (Å²) >= 11 is 0. The predicted octanol–water partition coefficient (Wildman–Crippen LogP) is 9.55. The van der Waals surface area contributed by atoms with Gasteiger partial charge in [0, 0.05) is 11.0 Å². The van der Waals surface area contributed by atoms with Crippen molar-refractivity contribution >= 4 is 21.9 Å². The van der Waals surface area contributed by atoms with Crippen LogP contribution in [0.15, 0.2) is 42.0 Å². The average Bonchev–Trinajstić information content (AvgIpc) is 2.85. The molecule has 0 fully saturated rings. The third-order valence-corrected chi connectivity index (χ3v) is 25.3. The van der Waals surface area contributed by atoms with E-state index in [4.69, 9.17) is 0 Å². The van der Waals surface area contributed by atoms with Crippen LogP contribution < -0.4 is 0 Å². The van der Waals surface area contributed by atoms with Gasteiger partial charge in [-0.3, -0.25) is 4.79 Å². The maximum absolute atomic E-state index is 13.7. The lowest BCUT2D eigenvalue weighted by Crippen LogP contribution is -2.54. The first kappa shape index (κ1) is 27.3. The van der Waals surface area contributed by atoms with Crippen molar-refractivity contribution in [3.8, 4) is 0 Å². The lowest BCUT2D eigenvalue weighted by atomic mass is 9.64. The van der Waals surface area contributed by atoms with E-state index in [1.807, 2.05) is 30.3 Å². The van der Waals surface area contributed by atoms with Crippen LogP contribution in [0, 0.1) is 11.3 Å². The summed E-state index contributed by atoms with van der Waals surface area (Å²) in [5.41, 5.74) is 2.42. The van der Waals surface area contributed by atoms with Crippen LogP contribution in [0.1, 0.15) is 85.0 Å². The number of hydrogen-bond donors (Lipinski definition) is 0. The zero-order chi connectivity index (χ0) is 24.0. The summed E-state index contributed by atoms with van der Waals surface area (Å²) in [6, 6.07) is 18.5.